The lowest BCUT2D eigenvalue weighted by atomic mass is 10.1. The monoisotopic (exact) mass is 568 g/mol. The normalized spacial score (nSPS) is 12.3. The molecule has 0 bridgehead atoms. The van der Waals surface area contributed by atoms with Gasteiger partial charge in [0.1, 0.15) is 23.3 Å². The number of aryl methyl sites for hydroxylation is 3. The molecule has 0 aliphatic carbocycles. The number of aromatic amines is 1. The van der Waals surface area contributed by atoms with Crippen LogP contribution >= 0.6 is 0 Å². The van der Waals surface area contributed by atoms with Crippen LogP contribution in [-0.4, -0.2) is 48.3 Å². The van der Waals surface area contributed by atoms with E-state index in [1.54, 1.807) is 32.9 Å². The summed E-state index contributed by atoms with van der Waals surface area (Å²) in [7, 11) is 0. The molecule has 5 rings (SSSR count). The van der Waals surface area contributed by atoms with Crippen molar-refractivity contribution in [2.75, 3.05) is 6.54 Å². The molecule has 1 unspecified atom stereocenters. The Morgan fingerprint density at radius 3 is 2.60 bits per heavy atom. The summed E-state index contributed by atoms with van der Waals surface area (Å²) in [6, 6.07) is 18.1. The molecule has 3 heterocycles. The highest BCUT2D eigenvalue weighted by Crippen LogP contribution is 2.31. The Labute approximate surface area is 243 Å². The molecule has 0 aliphatic rings. The standard InChI is InChI=1S/C32H33FN6O3/c1-19-8-7-11-24(36-19)30-29(38-28(39-30)15-13-20-9-5-6-10-22(20)33)21-12-14-23-25(16-21)37-26(17-34-23)27(40)18-35-31(41)42-32(2,3)4/h5-12,14,16-17,27,40H,13,15,18H2,1-4H3,(H,35,41)(H,38,39). The fourth-order valence-electron chi connectivity index (χ4n) is 4.50. The third kappa shape index (κ3) is 6.95. The van der Waals surface area contributed by atoms with Crippen LogP contribution in [0.3, 0.4) is 0 Å². The van der Waals surface area contributed by atoms with Crippen molar-refractivity contribution in [3.63, 3.8) is 0 Å². The highest BCUT2D eigenvalue weighted by molar-refractivity contribution is 5.84. The Hall–Kier alpha value is -4.70. The van der Waals surface area contributed by atoms with Crippen molar-refractivity contribution < 1.29 is 19.0 Å². The number of alkyl carbamates (subject to hydrolysis) is 1. The van der Waals surface area contributed by atoms with Gasteiger partial charge in [-0.15, -0.1) is 0 Å². The van der Waals surface area contributed by atoms with Crippen LogP contribution in [0, 0.1) is 12.7 Å². The summed E-state index contributed by atoms with van der Waals surface area (Å²) in [4.78, 5) is 34.1. The molecule has 0 saturated heterocycles. The first-order valence-corrected chi connectivity index (χ1v) is 13.7. The van der Waals surface area contributed by atoms with E-state index < -0.39 is 17.8 Å². The number of ether oxygens (including phenoxy) is 1. The fourth-order valence-corrected chi connectivity index (χ4v) is 4.50. The smallest absolute Gasteiger partial charge is 0.407 e. The van der Waals surface area contributed by atoms with Crippen molar-refractivity contribution in [3.05, 3.63) is 95.5 Å². The molecule has 0 radical (unpaired) electrons. The number of aromatic nitrogens is 5. The zero-order valence-corrected chi connectivity index (χ0v) is 24.0. The zero-order valence-electron chi connectivity index (χ0n) is 24.0. The van der Waals surface area contributed by atoms with E-state index in [1.807, 2.05) is 49.4 Å². The predicted octanol–water partition coefficient (Wildman–Crippen LogP) is 5.87. The van der Waals surface area contributed by atoms with Crippen molar-refractivity contribution in [2.45, 2.75) is 52.2 Å². The Bertz CT molecular complexity index is 1730. The van der Waals surface area contributed by atoms with E-state index in [0.717, 1.165) is 22.6 Å². The fraction of sp³-hybridized carbons (Fsp3) is 0.281. The molecule has 1 amide bonds. The Morgan fingerprint density at radius 2 is 1.83 bits per heavy atom. The Morgan fingerprint density at radius 1 is 1.02 bits per heavy atom. The molecule has 1 atom stereocenters. The molecule has 0 fully saturated rings. The third-order valence-corrected chi connectivity index (χ3v) is 6.50. The molecular weight excluding hydrogens is 535 g/mol. The quantitative estimate of drug-likeness (QED) is 0.214. The molecule has 5 aromatic rings. The van der Waals surface area contributed by atoms with E-state index in [2.05, 4.69) is 20.3 Å². The van der Waals surface area contributed by atoms with Crippen LogP contribution in [0.1, 0.15) is 49.7 Å². The van der Waals surface area contributed by atoms with Gasteiger partial charge in [-0.3, -0.25) is 9.97 Å². The summed E-state index contributed by atoms with van der Waals surface area (Å²) < 4.78 is 19.5. The number of amides is 1. The summed E-state index contributed by atoms with van der Waals surface area (Å²) in [5, 5.41) is 13.2. The van der Waals surface area contributed by atoms with Crippen molar-refractivity contribution in [1.82, 2.24) is 30.2 Å². The van der Waals surface area contributed by atoms with E-state index in [-0.39, 0.29) is 12.4 Å². The number of fused-ring (bicyclic) bond motifs is 1. The maximum atomic E-state index is 14.2. The topological polar surface area (TPSA) is 126 Å². The number of aliphatic hydroxyl groups is 1. The average Bonchev–Trinajstić information content (AvgIpc) is 3.38. The number of benzene rings is 2. The number of rotatable bonds is 8. The second-order valence-electron chi connectivity index (χ2n) is 11.1. The van der Waals surface area contributed by atoms with Gasteiger partial charge in [0.15, 0.2) is 0 Å². The van der Waals surface area contributed by atoms with Gasteiger partial charge in [0, 0.05) is 17.7 Å². The molecule has 42 heavy (non-hydrogen) atoms. The van der Waals surface area contributed by atoms with Crippen LogP contribution < -0.4 is 5.32 Å². The van der Waals surface area contributed by atoms with Gasteiger partial charge >= 0.3 is 6.09 Å². The van der Waals surface area contributed by atoms with Crippen molar-refractivity contribution in [3.8, 4) is 22.6 Å². The summed E-state index contributed by atoms with van der Waals surface area (Å²) in [6.07, 6.45) is 0.775. The van der Waals surface area contributed by atoms with Crippen molar-refractivity contribution in [1.29, 1.82) is 0 Å². The van der Waals surface area contributed by atoms with Gasteiger partial charge in [-0.05, 0) is 70.0 Å². The maximum absolute atomic E-state index is 14.2. The SMILES string of the molecule is Cc1cccc(-c2[nH]c(CCc3ccccc3F)nc2-c2ccc3ncc(C(O)CNC(=O)OC(C)(C)C)nc3c2)n1. The lowest BCUT2D eigenvalue weighted by Crippen LogP contribution is -2.35. The number of carbonyl (C=O) groups is 1. The first kappa shape index (κ1) is 28.8. The van der Waals surface area contributed by atoms with Crippen molar-refractivity contribution in [2.24, 2.45) is 0 Å². The van der Waals surface area contributed by atoms with Crippen LogP contribution in [-0.2, 0) is 17.6 Å². The number of carbonyl (C=O) groups excluding carboxylic acids is 1. The minimum atomic E-state index is -1.08. The predicted molar refractivity (Wildman–Crippen MR) is 158 cm³/mol. The molecule has 3 N–H and O–H groups in total. The number of nitrogens with zero attached hydrogens (tertiary/aromatic N) is 4. The summed E-state index contributed by atoms with van der Waals surface area (Å²) in [5.41, 5.74) is 5.28. The lowest BCUT2D eigenvalue weighted by Gasteiger charge is -2.20. The van der Waals surface area contributed by atoms with E-state index >= 15 is 0 Å². The minimum absolute atomic E-state index is 0.0807. The van der Waals surface area contributed by atoms with Crippen molar-refractivity contribution >= 4 is 17.1 Å². The number of H-pyrrole nitrogens is 1. The van der Waals surface area contributed by atoms with Gasteiger partial charge in [0.2, 0.25) is 0 Å². The second kappa shape index (κ2) is 12.0. The first-order chi connectivity index (χ1) is 20.1. The molecule has 0 aliphatic heterocycles. The highest BCUT2D eigenvalue weighted by Gasteiger charge is 2.20. The number of halogens is 1. The molecule has 0 spiro atoms. The highest BCUT2D eigenvalue weighted by atomic mass is 19.1. The van der Waals surface area contributed by atoms with Gasteiger partial charge in [-0.25, -0.2) is 19.2 Å². The summed E-state index contributed by atoms with van der Waals surface area (Å²) in [6.45, 7) is 7.14. The van der Waals surface area contributed by atoms with Crippen LogP contribution in [0.15, 0.2) is 66.9 Å². The van der Waals surface area contributed by atoms with Crippen LogP contribution in [0.25, 0.3) is 33.7 Å². The molecule has 9 nitrogen and oxygen atoms in total. The van der Waals surface area contributed by atoms with Crippen LogP contribution in [0.2, 0.25) is 0 Å². The first-order valence-electron chi connectivity index (χ1n) is 13.7. The number of hydrogen-bond acceptors (Lipinski definition) is 7. The summed E-state index contributed by atoms with van der Waals surface area (Å²) >= 11 is 0. The van der Waals surface area contributed by atoms with Gasteiger partial charge in [0.25, 0.3) is 0 Å². The number of aliphatic hydroxyl groups excluding tert-OH is 1. The van der Waals surface area contributed by atoms with Gasteiger partial charge < -0.3 is 20.1 Å². The number of hydrogen-bond donors (Lipinski definition) is 3. The molecule has 216 valence electrons. The van der Waals surface area contributed by atoms with Gasteiger partial charge in [-0.2, -0.15) is 0 Å². The van der Waals surface area contributed by atoms with Gasteiger partial charge in [0.05, 0.1) is 46.6 Å². The molecule has 2 aromatic carbocycles. The Kier molecular flexibility index (Phi) is 8.26. The zero-order chi connectivity index (χ0) is 29.9. The molecule has 3 aromatic heterocycles. The second-order valence-corrected chi connectivity index (χ2v) is 11.1. The van der Waals surface area contributed by atoms with Gasteiger partial charge in [-0.1, -0.05) is 30.3 Å². The maximum Gasteiger partial charge on any atom is 0.407 e. The molecular formula is C32H33FN6O3. The minimum Gasteiger partial charge on any atom is -0.444 e. The number of nitrogens with one attached hydrogen (secondary N) is 2. The van der Waals surface area contributed by atoms with E-state index in [1.165, 1.54) is 12.3 Å². The van der Waals surface area contributed by atoms with E-state index in [4.69, 9.17) is 14.7 Å². The van der Waals surface area contributed by atoms with E-state index in [0.29, 0.717) is 46.7 Å². The lowest BCUT2D eigenvalue weighted by molar-refractivity contribution is 0.0490. The van der Waals surface area contributed by atoms with Crippen LogP contribution in [0.5, 0.6) is 0 Å². The summed E-state index contributed by atoms with van der Waals surface area (Å²) in [5.74, 6) is 0.465. The van der Waals surface area contributed by atoms with E-state index in [9.17, 15) is 14.3 Å². The number of imidazole rings is 1. The van der Waals surface area contributed by atoms with Crippen LogP contribution in [0.4, 0.5) is 9.18 Å². The largest absolute Gasteiger partial charge is 0.444 e. The molecule has 0 saturated carbocycles. The Balaban J connectivity index is 1.44. The molecule has 10 heteroatoms. The average molecular weight is 569 g/mol. The third-order valence-electron chi connectivity index (χ3n) is 6.50. The number of pyridine rings is 1.